The third kappa shape index (κ3) is 5.12. The van der Waals surface area contributed by atoms with Gasteiger partial charge in [0.25, 0.3) is 0 Å². The van der Waals surface area contributed by atoms with Gasteiger partial charge in [0.1, 0.15) is 19.3 Å². The molecule has 2 atom stereocenters. The first-order chi connectivity index (χ1) is 14.6. The van der Waals surface area contributed by atoms with Crippen molar-refractivity contribution in [1.82, 2.24) is 10.2 Å². The molecule has 2 aliphatic heterocycles. The van der Waals surface area contributed by atoms with E-state index in [4.69, 9.17) is 9.47 Å². The molecule has 6 nitrogen and oxygen atoms in total. The third-order valence-corrected chi connectivity index (χ3v) is 5.74. The van der Waals surface area contributed by atoms with E-state index >= 15 is 0 Å². The molecule has 0 aromatic heterocycles. The first kappa shape index (κ1) is 20.7. The molecule has 0 unspecified atom stereocenters. The lowest BCUT2D eigenvalue weighted by Gasteiger charge is -2.29. The average molecular weight is 411 g/mol. The van der Waals surface area contributed by atoms with E-state index in [2.05, 4.69) is 10.2 Å². The van der Waals surface area contributed by atoms with Crippen molar-refractivity contribution in [3.05, 3.63) is 59.2 Å². The molecule has 0 radical (unpaired) electrons. The molecule has 0 aliphatic carbocycles. The van der Waals surface area contributed by atoms with Crippen molar-refractivity contribution >= 4 is 5.91 Å². The Hall–Kier alpha value is -2.57. The molecule has 2 heterocycles. The molecule has 0 spiro atoms. The molecule has 30 heavy (non-hydrogen) atoms. The summed E-state index contributed by atoms with van der Waals surface area (Å²) in [4.78, 5) is 15.1. The second-order valence-electron chi connectivity index (χ2n) is 8.20. The molecule has 2 aliphatic rings. The van der Waals surface area contributed by atoms with Gasteiger partial charge in [0.2, 0.25) is 5.91 Å². The number of benzene rings is 2. The van der Waals surface area contributed by atoms with E-state index in [0.29, 0.717) is 37.7 Å². The van der Waals surface area contributed by atoms with Crippen LogP contribution in [0.15, 0.2) is 42.5 Å². The van der Waals surface area contributed by atoms with Gasteiger partial charge in [0.15, 0.2) is 11.5 Å². The van der Waals surface area contributed by atoms with Gasteiger partial charge < -0.3 is 24.8 Å². The lowest BCUT2D eigenvalue weighted by Crippen LogP contribution is -2.47. The predicted molar refractivity (Wildman–Crippen MR) is 115 cm³/mol. The Bertz CT molecular complexity index is 879. The molecular formula is C24H30N2O4. The van der Waals surface area contributed by atoms with Gasteiger partial charge in [0, 0.05) is 6.54 Å². The SMILES string of the molecule is Cc1cccc(CC(=O)N[C@H](CN2CCCC2)[C@H](O)c2ccc3c(c2)OCCO3)c1. The molecule has 2 aromatic carbocycles. The molecule has 0 saturated carbocycles. The maximum atomic E-state index is 12.8. The number of aryl methyl sites for hydroxylation is 1. The van der Waals surface area contributed by atoms with Crippen LogP contribution in [-0.2, 0) is 11.2 Å². The number of hydrogen-bond acceptors (Lipinski definition) is 5. The highest BCUT2D eigenvalue weighted by atomic mass is 16.6. The number of fused-ring (bicyclic) bond motifs is 1. The fraction of sp³-hybridized carbons (Fsp3) is 0.458. The van der Waals surface area contributed by atoms with Gasteiger partial charge in [-0.3, -0.25) is 4.79 Å². The van der Waals surface area contributed by atoms with Gasteiger partial charge in [0.05, 0.1) is 12.5 Å². The van der Waals surface area contributed by atoms with E-state index < -0.39 is 12.1 Å². The maximum Gasteiger partial charge on any atom is 0.224 e. The number of ether oxygens (including phenoxy) is 2. The first-order valence-corrected chi connectivity index (χ1v) is 10.7. The van der Waals surface area contributed by atoms with Gasteiger partial charge >= 0.3 is 0 Å². The number of nitrogens with zero attached hydrogens (tertiary/aromatic N) is 1. The van der Waals surface area contributed by atoms with Crippen LogP contribution in [0.5, 0.6) is 11.5 Å². The zero-order valence-corrected chi connectivity index (χ0v) is 17.5. The molecule has 6 heteroatoms. The monoisotopic (exact) mass is 410 g/mol. The van der Waals surface area contributed by atoms with E-state index in [0.717, 1.165) is 42.6 Å². The predicted octanol–water partition coefficient (Wildman–Crippen LogP) is 2.62. The van der Waals surface area contributed by atoms with Crippen molar-refractivity contribution in [2.45, 2.75) is 38.3 Å². The summed E-state index contributed by atoms with van der Waals surface area (Å²) in [5.74, 6) is 1.25. The molecule has 1 amide bonds. The van der Waals surface area contributed by atoms with Gasteiger partial charge in [-0.25, -0.2) is 0 Å². The summed E-state index contributed by atoms with van der Waals surface area (Å²) < 4.78 is 11.2. The molecular weight excluding hydrogens is 380 g/mol. The second-order valence-corrected chi connectivity index (χ2v) is 8.20. The smallest absolute Gasteiger partial charge is 0.224 e. The Balaban J connectivity index is 1.49. The highest BCUT2D eigenvalue weighted by molar-refractivity contribution is 5.79. The van der Waals surface area contributed by atoms with Gasteiger partial charge in [-0.2, -0.15) is 0 Å². The van der Waals surface area contributed by atoms with Crippen LogP contribution in [-0.4, -0.2) is 54.8 Å². The number of carbonyl (C=O) groups is 1. The van der Waals surface area contributed by atoms with E-state index in [9.17, 15) is 9.90 Å². The highest BCUT2D eigenvalue weighted by Gasteiger charge is 2.27. The minimum atomic E-state index is -0.831. The summed E-state index contributed by atoms with van der Waals surface area (Å²) in [6.45, 7) is 5.66. The number of rotatable bonds is 7. The maximum absolute atomic E-state index is 12.8. The standard InChI is InChI=1S/C24H30N2O4/c1-17-5-4-6-18(13-17)14-23(27)25-20(16-26-9-2-3-10-26)24(28)19-7-8-21-22(15-19)30-12-11-29-21/h4-8,13,15,20,24,28H,2-3,9-12,14,16H2,1H3,(H,25,27)/t20-,24-/m1/s1. The molecule has 2 aromatic rings. The minimum absolute atomic E-state index is 0.0820. The van der Waals surface area contributed by atoms with Crippen LogP contribution in [0.1, 0.15) is 35.6 Å². The normalized spacial score (nSPS) is 18.1. The van der Waals surface area contributed by atoms with Crippen LogP contribution in [0.25, 0.3) is 0 Å². The van der Waals surface area contributed by atoms with Gasteiger partial charge in [-0.15, -0.1) is 0 Å². The Morgan fingerprint density at radius 2 is 1.87 bits per heavy atom. The van der Waals surface area contributed by atoms with Crippen molar-refractivity contribution in [3.8, 4) is 11.5 Å². The van der Waals surface area contributed by atoms with Gasteiger partial charge in [-0.1, -0.05) is 35.9 Å². The van der Waals surface area contributed by atoms with E-state index in [1.165, 1.54) is 0 Å². The number of nitrogens with one attached hydrogen (secondary N) is 1. The molecule has 4 rings (SSSR count). The number of likely N-dealkylation sites (tertiary alicyclic amines) is 1. The molecule has 1 fully saturated rings. The van der Waals surface area contributed by atoms with E-state index in [-0.39, 0.29) is 5.91 Å². The molecule has 160 valence electrons. The Kier molecular flexibility index (Phi) is 6.55. The fourth-order valence-electron chi connectivity index (χ4n) is 4.21. The number of aliphatic hydroxyl groups is 1. The van der Waals surface area contributed by atoms with Crippen LogP contribution in [0.2, 0.25) is 0 Å². The summed E-state index contributed by atoms with van der Waals surface area (Å²) in [7, 11) is 0. The lowest BCUT2D eigenvalue weighted by atomic mass is 10.00. The summed E-state index contributed by atoms with van der Waals surface area (Å²) in [5.41, 5.74) is 2.82. The summed E-state index contributed by atoms with van der Waals surface area (Å²) in [5, 5.41) is 14.3. The van der Waals surface area contributed by atoms with Crippen LogP contribution in [0.4, 0.5) is 0 Å². The lowest BCUT2D eigenvalue weighted by molar-refractivity contribution is -0.122. The molecule has 1 saturated heterocycles. The average Bonchev–Trinajstić information content (AvgIpc) is 3.25. The zero-order chi connectivity index (χ0) is 20.9. The fourth-order valence-corrected chi connectivity index (χ4v) is 4.21. The highest BCUT2D eigenvalue weighted by Crippen LogP contribution is 2.33. The van der Waals surface area contributed by atoms with Crippen molar-refractivity contribution in [1.29, 1.82) is 0 Å². The molecule has 2 N–H and O–H groups in total. The quantitative estimate of drug-likeness (QED) is 0.734. The summed E-state index contributed by atoms with van der Waals surface area (Å²) >= 11 is 0. The largest absolute Gasteiger partial charge is 0.486 e. The third-order valence-electron chi connectivity index (χ3n) is 5.74. The second kappa shape index (κ2) is 9.49. The van der Waals surface area contributed by atoms with Crippen molar-refractivity contribution in [2.75, 3.05) is 32.8 Å². The first-order valence-electron chi connectivity index (χ1n) is 10.7. The Labute approximate surface area is 177 Å². The van der Waals surface area contributed by atoms with E-state index in [1.807, 2.05) is 49.4 Å². The Morgan fingerprint density at radius 3 is 2.63 bits per heavy atom. The number of amides is 1. The number of hydrogen-bond donors (Lipinski definition) is 2. The minimum Gasteiger partial charge on any atom is -0.486 e. The van der Waals surface area contributed by atoms with Crippen LogP contribution >= 0.6 is 0 Å². The summed E-state index contributed by atoms with van der Waals surface area (Å²) in [6, 6.07) is 13.1. The van der Waals surface area contributed by atoms with Crippen molar-refractivity contribution in [3.63, 3.8) is 0 Å². The van der Waals surface area contributed by atoms with Gasteiger partial charge in [-0.05, 0) is 56.1 Å². The summed E-state index contributed by atoms with van der Waals surface area (Å²) in [6.07, 6.45) is 1.78. The zero-order valence-electron chi connectivity index (χ0n) is 17.5. The van der Waals surface area contributed by atoms with Crippen molar-refractivity contribution < 1.29 is 19.4 Å². The van der Waals surface area contributed by atoms with Crippen LogP contribution < -0.4 is 14.8 Å². The Morgan fingerprint density at radius 1 is 1.10 bits per heavy atom. The van der Waals surface area contributed by atoms with Crippen LogP contribution in [0.3, 0.4) is 0 Å². The topological polar surface area (TPSA) is 71.0 Å². The number of aliphatic hydroxyl groups excluding tert-OH is 1. The number of carbonyl (C=O) groups excluding carboxylic acids is 1. The van der Waals surface area contributed by atoms with Crippen molar-refractivity contribution in [2.24, 2.45) is 0 Å². The van der Waals surface area contributed by atoms with E-state index in [1.54, 1.807) is 0 Å². The molecule has 0 bridgehead atoms. The van der Waals surface area contributed by atoms with Crippen LogP contribution in [0, 0.1) is 6.92 Å².